The standard InChI is InChI=1S/C3H4FP/c1-3-2-5(3)4/h2H,1H3. The van der Waals surface area contributed by atoms with Crippen molar-refractivity contribution in [3.05, 3.63) is 11.1 Å². The summed E-state index contributed by atoms with van der Waals surface area (Å²) >= 11 is 0. The molecule has 0 spiro atoms. The molecule has 0 saturated heterocycles. The van der Waals surface area contributed by atoms with Gasteiger partial charge in [0.25, 0.3) is 0 Å². The van der Waals surface area contributed by atoms with Gasteiger partial charge in [-0.25, -0.2) is 4.20 Å². The lowest BCUT2D eigenvalue weighted by Gasteiger charge is -1.64. The summed E-state index contributed by atoms with van der Waals surface area (Å²) in [5.41, 5.74) is 0. The molecule has 0 saturated carbocycles. The molecule has 0 fully saturated rings. The zero-order valence-electron chi connectivity index (χ0n) is 2.90. The Kier molecular flexibility index (Phi) is 0.515. The fraction of sp³-hybridized carbons (Fsp3) is 0.333. The van der Waals surface area contributed by atoms with Crippen molar-refractivity contribution in [1.82, 2.24) is 0 Å². The molecule has 0 nitrogen and oxygen atoms in total. The lowest BCUT2D eigenvalue weighted by Crippen LogP contribution is -1.24. The zero-order valence-corrected chi connectivity index (χ0v) is 3.80. The van der Waals surface area contributed by atoms with Gasteiger partial charge in [0.1, 0.15) is 8.23 Å². The Morgan fingerprint density at radius 1 is 2.00 bits per heavy atom. The van der Waals surface area contributed by atoms with Gasteiger partial charge in [-0.05, 0) is 18.1 Å². The molecule has 0 aromatic carbocycles. The van der Waals surface area contributed by atoms with Gasteiger partial charge in [0, 0.05) is 0 Å². The van der Waals surface area contributed by atoms with Gasteiger partial charge in [0.05, 0.1) is 0 Å². The van der Waals surface area contributed by atoms with Crippen molar-refractivity contribution < 1.29 is 4.20 Å². The molecule has 1 rings (SSSR count). The van der Waals surface area contributed by atoms with Gasteiger partial charge < -0.3 is 0 Å². The topological polar surface area (TPSA) is 0 Å². The molecule has 28 valence electrons. The maximum atomic E-state index is 11.5. The van der Waals surface area contributed by atoms with Crippen molar-refractivity contribution in [3.8, 4) is 0 Å². The molecule has 0 N–H and O–H groups in total. The quantitative estimate of drug-likeness (QED) is 0.400. The van der Waals surface area contributed by atoms with Crippen LogP contribution in [0.4, 0.5) is 4.20 Å². The fourth-order valence-corrected chi connectivity index (χ4v) is 0.536. The monoisotopic (exact) mass is 90.0 g/mol. The van der Waals surface area contributed by atoms with Crippen LogP contribution in [-0.4, -0.2) is 0 Å². The number of allylic oxidation sites excluding steroid dienone is 1. The third-order valence-electron chi connectivity index (χ3n) is 0.569. The molecule has 0 bridgehead atoms. The molecule has 1 atom stereocenters. The van der Waals surface area contributed by atoms with Crippen molar-refractivity contribution >= 4 is 8.23 Å². The van der Waals surface area contributed by atoms with Crippen LogP contribution in [0.15, 0.2) is 11.1 Å². The predicted molar refractivity (Wildman–Crippen MR) is 21.8 cm³/mol. The van der Waals surface area contributed by atoms with Crippen LogP contribution in [0, 0.1) is 0 Å². The van der Waals surface area contributed by atoms with Gasteiger partial charge in [0.15, 0.2) is 0 Å². The smallest absolute Gasteiger partial charge is 0.133 e. The summed E-state index contributed by atoms with van der Waals surface area (Å²) in [7, 11) is -1.14. The van der Waals surface area contributed by atoms with Crippen molar-refractivity contribution in [2.24, 2.45) is 0 Å². The normalized spacial score (nSPS) is 33.2. The molecule has 1 heterocycles. The van der Waals surface area contributed by atoms with E-state index >= 15 is 0 Å². The van der Waals surface area contributed by atoms with E-state index < -0.39 is 8.23 Å². The fourth-order valence-electron chi connectivity index (χ4n) is 0.135. The Labute approximate surface area is 31.6 Å². The van der Waals surface area contributed by atoms with Crippen LogP contribution < -0.4 is 0 Å². The first kappa shape index (κ1) is 3.30. The third-order valence-corrected chi connectivity index (χ3v) is 1.71. The maximum Gasteiger partial charge on any atom is 0.133 e. The van der Waals surface area contributed by atoms with Gasteiger partial charge in [-0.2, -0.15) is 0 Å². The van der Waals surface area contributed by atoms with Crippen LogP contribution in [0.2, 0.25) is 0 Å². The molecule has 1 unspecified atom stereocenters. The van der Waals surface area contributed by atoms with E-state index in [1.807, 2.05) is 6.92 Å². The van der Waals surface area contributed by atoms with Crippen molar-refractivity contribution in [3.63, 3.8) is 0 Å². The summed E-state index contributed by atoms with van der Waals surface area (Å²) < 4.78 is 11.5. The first-order valence-electron chi connectivity index (χ1n) is 1.44. The molecule has 0 aliphatic carbocycles. The molecular weight excluding hydrogens is 86.0 g/mol. The molecule has 0 amide bonds. The second kappa shape index (κ2) is 0.782. The highest BCUT2D eigenvalue weighted by atomic mass is 31.2. The van der Waals surface area contributed by atoms with E-state index in [2.05, 4.69) is 0 Å². The zero-order chi connectivity index (χ0) is 3.86. The second-order valence-corrected chi connectivity index (χ2v) is 2.67. The van der Waals surface area contributed by atoms with Crippen LogP contribution in [0.1, 0.15) is 6.92 Å². The molecule has 2 heteroatoms. The van der Waals surface area contributed by atoms with Crippen LogP contribution >= 0.6 is 8.23 Å². The average Bonchev–Trinajstić information content (AvgIpc) is 1.79. The van der Waals surface area contributed by atoms with Crippen LogP contribution in [0.3, 0.4) is 0 Å². The average molecular weight is 90.0 g/mol. The van der Waals surface area contributed by atoms with Crippen molar-refractivity contribution in [2.75, 3.05) is 0 Å². The number of hydrogen-bond donors (Lipinski definition) is 0. The Balaban J connectivity index is 2.38. The SMILES string of the molecule is CC1=CP1F. The predicted octanol–water partition coefficient (Wildman–Crippen LogP) is 2.23. The van der Waals surface area contributed by atoms with Crippen LogP contribution in [0.5, 0.6) is 0 Å². The number of hydrogen-bond acceptors (Lipinski definition) is 0. The number of rotatable bonds is 0. The number of halogens is 1. The van der Waals surface area contributed by atoms with Gasteiger partial charge >= 0.3 is 0 Å². The molecular formula is C3H4FP. The van der Waals surface area contributed by atoms with Crippen LogP contribution in [0.25, 0.3) is 0 Å². The first-order chi connectivity index (χ1) is 2.30. The van der Waals surface area contributed by atoms with E-state index in [1.165, 1.54) is 0 Å². The Morgan fingerprint density at radius 2 is 2.20 bits per heavy atom. The summed E-state index contributed by atoms with van der Waals surface area (Å²) in [6, 6.07) is 0. The Hall–Kier alpha value is 0.100. The highest BCUT2D eigenvalue weighted by molar-refractivity contribution is 7.67. The lowest BCUT2D eigenvalue weighted by atomic mass is 10.8. The van der Waals surface area contributed by atoms with Gasteiger partial charge in [-0.1, -0.05) is 0 Å². The minimum atomic E-state index is -1.14. The summed E-state index contributed by atoms with van der Waals surface area (Å²) in [5, 5.41) is 0.944. The minimum absolute atomic E-state index is 0.944. The summed E-state index contributed by atoms with van der Waals surface area (Å²) in [5.74, 6) is 1.65. The molecule has 1 aliphatic heterocycles. The molecule has 0 aromatic heterocycles. The van der Waals surface area contributed by atoms with Crippen molar-refractivity contribution in [1.29, 1.82) is 0 Å². The van der Waals surface area contributed by atoms with E-state index in [1.54, 1.807) is 5.82 Å². The Morgan fingerprint density at radius 3 is 2.20 bits per heavy atom. The highest BCUT2D eigenvalue weighted by Crippen LogP contribution is 2.62. The van der Waals surface area contributed by atoms with E-state index in [-0.39, 0.29) is 0 Å². The van der Waals surface area contributed by atoms with E-state index in [9.17, 15) is 4.20 Å². The molecule has 5 heavy (non-hydrogen) atoms. The van der Waals surface area contributed by atoms with E-state index in [4.69, 9.17) is 0 Å². The van der Waals surface area contributed by atoms with Gasteiger partial charge in [-0.15, -0.1) is 0 Å². The second-order valence-electron chi connectivity index (χ2n) is 1.08. The summed E-state index contributed by atoms with van der Waals surface area (Å²) in [6.45, 7) is 1.81. The van der Waals surface area contributed by atoms with E-state index in [0.29, 0.717) is 0 Å². The third kappa shape index (κ3) is 0.486. The molecule has 1 aliphatic rings. The van der Waals surface area contributed by atoms with E-state index in [0.717, 1.165) is 5.31 Å². The van der Waals surface area contributed by atoms with Crippen LogP contribution in [-0.2, 0) is 0 Å². The minimum Gasteiger partial charge on any atom is -0.218 e. The Bertz CT molecular complexity index is 77.0. The van der Waals surface area contributed by atoms with Crippen molar-refractivity contribution in [2.45, 2.75) is 6.92 Å². The summed E-state index contributed by atoms with van der Waals surface area (Å²) in [4.78, 5) is 0. The van der Waals surface area contributed by atoms with Gasteiger partial charge in [0.2, 0.25) is 0 Å². The lowest BCUT2D eigenvalue weighted by molar-refractivity contribution is 0.920. The largest absolute Gasteiger partial charge is 0.218 e. The highest BCUT2D eigenvalue weighted by Gasteiger charge is 2.17. The maximum absolute atomic E-state index is 11.5. The molecule has 0 aromatic rings. The first-order valence-corrected chi connectivity index (χ1v) is 2.74. The molecule has 0 radical (unpaired) electrons. The summed E-state index contributed by atoms with van der Waals surface area (Å²) in [6.07, 6.45) is 0. The van der Waals surface area contributed by atoms with Gasteiger partial charge in [-0.3, -0.25) is 0 Å².